The Bertz CT molecular complexity index is 394. The van der Waals surface area contributed by atoms with Crippen molar-refractivity contribution >= 4 is 33.2 Å². The van der Waals surface area contributed by atoms with Crippen LogP contribution in [0.3, 0.4) is 0 Å². The second-order valence-electron chi connectivity index (χ2n) is 4.43. The van der Waals surface area contributed by atoms with E-state index in [1.165, 1.54) is 4.88 Å². The number of nitrogens with one attached hydrogen (secondary N) is 1. The Hall–Kier alpha value is -0.390. The lowest BCUT2D eigenvalue weighted by atomic mass is 10.2. The number of hydrogen-bond donors (Lipinski definition) is 1. The molecule has 1 atom stereocenters. The smallest absolute Gasteiger partial charge is 0.223 e. The van der Waals surface area contributed by atoms with Crippen LogP contribution in [0.15, 0.2) is 15.9 Å². The van der Waals surface area contributed by atoms with Gasteiger partial charge in [0.1, 0.15) is 0 Å². The van der Waals surface area contributed by atoms with E-state index in [9.17, 15) is 4.79 Å². The van der Waals surface area contributed by atoms with Crippen LogP contribution in [0.2, 0.25) is 0 Å². The molecule has 1 aliphatic rings. The molecular formula is C12H17BrN2OS. The van der Waals surface area contributed by atoms with Crippen molar-refractivity contribution in [2.24, 2.45) is 0 Å². The Morgan fingerprint density at radius 2 is 2.53 bits per heavy atom. The third kappa shape index (κ3) is 3.79. The maximum absolute atomic E-state index is 12.0. The Kier molecular flexibility index (Phi) is 4.59. The van der Waals surface area contributed by atoms with Crippen LogP contribution >= 0.6 is 27.3 Å². The van der Waals surface area contributed by atoms with E-state index in [0.29, 0.717) is 12.5 Å². The van der Waals surface area contributed by atoms with E-state index in [0.717, 1.165) is 30.5 Å². The molecule has 5 heteroatoms. The molecule has 0 radical (unpaired) electrons. The molecule has 3 nitrogen and oxygen atoms in total. The summed E-state index contributed by atoms with van der Waals surface area (Å²) in [5, 5.41) is 5.41. The minimum atomic E-state index is 0.280. The maximum atomic E-state index is 12.0. The van der Waals surface area contributed by atoms with Crippen LogP contribution in [0.5, 0.6) is 0 Å². The minimum absolute atomic E-state index is 0.280. The number of nitrogens with zero attached hydrogens (tertiary/aromatic N) is 1. The van der Waals surface area contributed by atoms with Crippen LogP contribution in [0.1, 0.15) is 18.2 Å². The van der Waals surface area contributed by atoms with Crippen molar-refractivity contribution in [1.29, 1.82) is 0 Å². The largest absolute Gasteiger partial charge is 0.340 e. The zero-order valence-electron chi connectivity index (χ0n) is 9.91. The summed E-state index contributed by atoms with van der Waals surface area (Å²) in [6.07, 6.45) is 1.48. The van der Waals surface area contributed by atoms with Crippen LogP contribution in [0.25, 0.3) is 0 Å². The van der Waals surface area contributed by atoms with Crippen LogP contribution in [0.4, 0.5) is 0 Å². The van der Waals surface area contributed by atoms with E-state index >= 15 is 0 Å². The summed E-state index contributed by atoms with van der Waals surface area (Å²) in [6.45, 7) is 4.72. The molecule has 0 bridgehead atoms. The fraction of sp³-hybridized carbons (Fsp3) is 0.583. The van der Waals surface area contributed by atoms with Crippen LogP contribution in [-0.4, -0.2) is 36.5 Å². The number of halogens is 1. The van der Waals surface area contributed by atoms with Crippen molar-refractivity contribution in [3.05, 3.63) is 20.8 Å². The van der Waals surface area contributed by atoms with Crippen molar-refractivity contribution in [2.45, 2.75) is 25.8 Å². The first-order valence-corrected chi connectivity index (χ1v) is 7.56. The molecule has 1 aromatic heterocycles. The molecule has 2 heterocycles. The summed E-state index contributed by atoms with van der Waals surface area (Å²) in [4.78, 5) is 15.3. The van der Waals surface area contributed by atoms with Gasteiger partial charge >= 0.3 is 0 Å². The molecule has 1 unspecified atom stereocenters. The topological polar surface area (TPSA) is 32.3 Å². The fourth-order valence-electron chi connectivity index (χ4n) is 2.03. The van der Waals surface area contributed by atoms with Gasteiger partial charge in [0.2, 0.25) is 5.91 Å². The number of rotatable bonds is 3. The minimum Gasteiger partial charge on any atom is -0.340 e. The highest BCUT2D eigenvalue weighted by atomic mass is 79.9. The standard InChI is InChI=1S/C12H17BrN2OS/c1-9-7-15(5-4-14-9)12(16)3-2-11-6-10(13)8-17-11/h6,8-9,14H,2-5,7H2,1H3. The Balaban J connectivity index is 1.80. The second kappa shape index (κ2) is 5.98. The van der Waals surface area contributed by atoms with Gasteiger partial charge < -0.3 is 10.2 Å². The van der Waals surface area contributed by atoms with Gasteiger partial charge in [0.15, 0.2) is 0 Å². The highest BCUT2D eigenvalue weighted by molar-refractivity contribution is 9.10. The summed E-state index contributed by atoms with van der Waals surface area (Å²) in [5.41, 5.74) is 0. The zero-order valence-corrected chi connectivity index (χ0v) is 12.3. The predicted molar refractivity (Wildman–Crippen MR) is 74.4 cm³/mol. The number of carbonyl (C=O) groups excluding carboxylic acids is 1. The van der Waals surface area contributed by atoms with E-state index in [1.54, 1.807) is 11.3 Å². The monoisotopic (exact) mass is 316 g/mol. The van der Waals surface area contributed by atoms with E-state index in [4.69, 9.17) is 0 Å². The average Bonchev–Trinajstić information content (AvgIpc) is 2.72. The summed E-state index contributed by atoms with van der Waals surface area (Å²) in [7, 11) is 0. The number of piperazine rings is 1. The normalized spacial score (nSPS) is 20.6. The molecule has 17 heavy (non-hydrogen) atoms. The van der Waals surface area contributed by atoms with Crippen LogP contribution in [-0.2, 0) is 11.2 Å². The van der Waals surface area contributed by atoms with E-state index in [2.05, 4.69) is 39.6 Å². The lowest BCUT2D eigenvalue weighted by Crippen LogP contribution is -2.51. The molecule has 1 N–H and O–H groups in total. The molecule has 0 saturated carbocycles. The van der Waals surface area contributed by atoms with Gasteiger partial charge in [0, 0.05) is 46.8 Å². The first kappa shape index (κ1) is 13.1. The summed E-state index contributed by atoms with van der Waals surface area (Å²) < 4.78 is 1.11. The van der Waals surface area contributed by atoms with Crippen molar-refractivity contribution in [2.75, 3.05) is 19.6 Å². The highest BCUT2D eigenvalue weighted by Gasteiger charge is 2.19. The first-order chi connectivity index (χ1) is 8.15. The van der Waals surface area contributed by atoms with Gasteiger partial charge in [-0.25, -0.2) is 0 Å². The van der Waals surface area contributed by atoms with Gasteiger partial charge in [-0.1, -0.05) is 0 Å². The lowest BCUT2D eigenvalue weighted by molar-refractivity contribution is -0.132. The van der Waals surface area contributed by atoms with Gasteiger partial charge in [-0.3, -0.25) is 4.79 Å². The van der Waals surface area contributed by atoms with Crippen molar-refractivity contribution in [3.8, 4) is 0 Å². The first-order valence-electron chi connectivity index (χ1n) is 5.89. The molecule has 1 saturated heterocycles. The predicted octanol–water partition coefficient (Wildman–Crippen LogP) is 2.26. The molecule has 2 rings (SSSR count). The van der Waals surface area contributed by atoms with E-state index in [-0.39, 0.29) is 5.91 Å². The summed E-state index contributed by atoms with van der Waals surface area (Å²) in [6, 6.07) is 2.52. The molecule has 1 amide bonds. The second-order valence-corrected chi connectivity index (χ2v) is 6.34. The van der Waals surface area contributed by atoms with Crippen molar-refractivity contribution in [1.82, 2.24) is 10.2 Å². The molecule has 0 aromatic carbocycles. The molecule has 0 spiro atoms. The molecule has 94 valence electrons. The third-order valence-corrected chi connectivity index (χ3v) is 4.69. The van der Waals surface area contributed by atoms with Crippen LogP contribution in [0, 0.1) is 0 Å². The Labute approximate surface area is 114 Å². The van der Waals surface area contributed by atoms with Crippen molar-refractivity contribution in [3.63, 3.8) is 0 Å². The SMILES string of the molecule is CC1CN(C(=O)CCc2cc(Br)cs2)CCN1. The quantitative estimate of drug-likeness (QED) is 0.927. The highest BCUT2D eigenvalue weighted by Crippen LogP contribution is 2.21. The summed E-state index contributed by atoms with van der Waals surface area (Å²) in [5.74, 6) is 0.280. The molecule has 1 aromatic rings. The molecule has 0 aliphatic carbocycles. The number of aryl methyl sites for hydroxylation is 1. The Morgan fingerprint density at radius 1 is 1.71 bits per heavy atom. The van der Waals surface area contributed by atoms with E-state index < -0.39 is 0 Å². The van der Waals surface area contributed by atoms with Crippen LogP contribution < -0.4 is 5.32 Å². The molecule has 1 aliphatic heterocycles. The number of hydrogen-bond acceptors (Lipinski definition) is 3. The van der Waals surface area contributed by atoms with Gasteiger partial charge in [-0.05, 0) is 35.3 Å². The van der Waals surface area contributed by atoms with E-state index in [1.807, 2.05) is 4.90 Å². The maximum Gasteiger partial charge on any atom is 0.223 e. The number of carbonyl (C=O) groups is 1. The van der Waals surface area contributed by atoms with Gasteiger partial charge in [-0.15, -0.1) is 11.3 Å². The summed E-state index contributed by atoms with van der Waals surface area (Å²) >= 11 is 5.14. The molecular weight excluding hydrogens is 300 g/mol. The number of thiophene rings is 1. The fourth-order valence-corrected chi connectivity index (χ4v) is 3.49. The number of amides is 1. The lowest BCUT2D eigenvalue weighted by Gasteiger charge is -2.31. The molecule has 1 fully saturated rings. The van der Waals surface area contributed by atoms with Gasteiger partial charge in [0.25, 0.3) is 0 Å². The average molecular weight is 317 g/mol. The third-order valence-electron chi connectivity index (χ3n) is 2.93. The van der Waals surface area contributed by atoms with Gasteiger partial charge in [0.05, 0.1) is 0 Å². The van der Waals surface area contributed by atoms with Gasteiger partial charge in [-0.2, -0.15) is 0 Å². The Morgan fingerprint density at radius 3 is 3.18 bits per heavy atom. The zero-order chi connectivity index (χ0) is 12.3. The van der Waals surface area contributed by atoms with Crippen molar-refractivity contribution < 1.29 is 4.79 Å².